The molecule has 1 aromatic carbocycles. The van der Waals surface area contributed by atoms with Gasteiger partial charge in [-0.25, -0.2) is 0 Å². The second-order valence-electron chi connectivity index (χ2n) is 7.34. The van der Waals surface area contributed by atoms with Gasteiger partial charge in [-0.05, 0) is 56.8 Å². The Kier molecular flexibility index (Phi) is 6.72. The Labute approximate surface area is 161 Å². The van der Waals surface area contributed by atoms with Gasteiger partial charge in [0.15, 0.2) is 0 Å². The number of hydrogen-bond donors (Lipinski definition) is 0. The molecule has 148 valence electrons. The number of piperidine rings is 1. The molecule has 0 N–H and O–H groups in total. The highest BCUT2D eigenvalue weighted by Gasteiger charge is 2.33. The molecule has 1 aromatic rings. The summed E-state index contributed by atoms with van der Waals surface area (Å²) in [5.74, 6) is 0.596. The molecular weight excluding hydrogens is 344 g/mol. The zero-order chi connectivity index (χ0) is 19.2. The van der Waals surface area contributed by atoms with Crippen molar-refractivity contribution in [3.63, 3.8) is 0 Å². The van der Waals surface area contributed by atoms with E-state index in [1.165, 1.54) is 5.56 Å². The Balaban J connectivity index is 1.61. The quantitative estimate of drug-likeness (QED) is 0.717. The van der Waals surface area contributed by atoms with Crippen molar-refractivity contribution >= 4 is 11.9 Å². The molecule has 6 heteroatoms. The van der Waals surface area contributed by atoms with Crippen LogP contribution >= 0.6 is 0 Å². The Morgan fingerprint density at radius 1 is 1.19 bits per heavy atom. The van der Waals surface area contributed by atoms with Crippen molar-refractivity contribution in [2.24, 2.45) is 5.92 Å². The van der Waals surface area contributed by atoms with E-state index in [9.17, 15) is 9.59 Å². The molecule has 0 spiro atoms. The van der Waals surface area contributed by atoms with E-state index in [4.69, 9.17) is 9.47 Å². The number of amides is 1. The first-order valence-electron chi connectivity index (χ1n) is 9.94. The minimum absolute atomic E-state index is 0.110. The highest BCUT2D eigenvalue weighted by Crippen LogP contribution is 2.33. The van der Waals surface area contributed by atoms with E-state index in [0.29, 0.717) is 19.7 Å². The Morgan fingerprint density at radius 3 is 2.78 bits per heavy atom. The van der Waals surface area contributed by atoms with Crippen LogP contribution in [0.1, 0.15) is 44.2 Å². The lowest BCUT2D eigenvalue weighted by molar-refractivity contribution is -0.151. The number of rotatable bonds is 6. The van der Waals surface area contributed by atoms with Crippen molar-refractivity contribution in [3.8, 4) is 5.75 Å². The SMILES string of the molecule is CCOC(=O)C1CCCN(C(=O)CN2CCCC2c2cccc(OC)c2)C1. The molecule has 2 aliphatic rings. The second kappa shape index (κ2) is 9.22. The Hall–Kier alpha value is -2.08. The second-order valence-corrected chi connectivity index (χ2v) is 7.34. The Bertz CT molecular complexity index is 663. The van der Waals surface area contributed by atoms with Gasteiger partial charge in [-0.3, -0.25) is 14.5 Å². The van der Waals surface area contributed by atoms with E-state index >= 15 is 0 Å². The van der Waals surface area contributed by atoms with Crippen LogP contribution in [-0.4, -0.2) is 61.6 Å². The molecule has 27 heavy (non-hydrogen) atoms. The van der Waals surface area contributed by atoms with Gasteiger partial charge in [0.25, 0.3) is 0 Å². The van der Waals surface area contributed by atoms with Gasteiger partial charge in [0.05, 0.1) is 26.2 Å². The number of carbonyl (C=O) groups excluding carboxylic acids is 2. The molecule has 0 bridgehead atoms. The van der Waals surface area contributed by atoms with Gasteiger partial charge in [0.2, 0.25) is 5.91 Å². The monoisotopic (exact) mass is 374 g/mol. The zero-order valence-corrected chi connectivity index (χ0v) is 16.4. The van der Waals surface area contributed by atoms with Gasteiger partial charge in [-0.15, -0.1) is 0 Å². The minimum Gasteiger partial charge on any atom is -0.497 e. The fourth-order valence-electron chi connectivity index (χ4n) is 4.17. The molecule has 2 unspecified atom stereocenters. The summed E-state index contributed by atoms with van der Waals surface area (Å²) in [4.78, 5) is 29.0. The van der Waals surface area contributed by atoms with Crippen LogP contribution in [0.3, 0.4) is 0 Å². The van der Waals surface area contributed by atoms with Crippen molar-refractivity contribution in [2.75, 3.05) is 39.9 Å². The largest absolute Gasteiger partial charge is 0.497 e. The van der Waals surface area contributed by atoms with Gasteiger partial charge in [0.1, 0.15) is 5.75 Å². The molecular formula is C21H30N2O4. The topological polar surface area (TPSA) is 59.1 Å². The number of carbonyl (C=O) groups is 2. The number of esters is 1. The molecule has 0 radical (unpaired) electrons. The molecule has 2 atom stereocenters. The summed E-state index contributed by atoms with van der Waals surface area (Å²) >= 11 is 0. The third kappa shape index (κ3) is 4.80. The minimum atomic E-state index is -0.185. The number of hydrogen-bond acceptors (Lipinski definition) is 5. The number of likely N-dealkylation sites (tertiary alicyclic amines) is 2. The average Bonchev–Trinajstić information content (AvgIpc) is 3.16. The van der Waals surface area contributed by atoms with Crippen LogP contribution < -0.4 is 4.74 Å². The molecule has 3 rings (SSSR count). The zero-order valence-electron chi connectivity index (χ0n) is 16.4. The highest BCUT2D eigenvalue weighted by molar-refractivity contribution is 5.80. The third-order valence-electron chi connectivity index (χ3n) is 5.57. The van der Waals surface area contributed by atoms with E-state index in [2.05, 4.69) is 17.0 Å². The van der Waals surface area contributed by atoms with Crippen LogP contribution in [0, 0.1) is 5.92 Å². The predicted molar refractivity (Wildman–Crippen MR) is 102 cm³/mol. The lowest BCUT2D eigenvalue weighted by atomic mass is 9.98. The number of ether oxygens (including phenoxy) is 2. The van der Waals surface area contributed by atoms with E-state index in [1.807, 2.05) is 24.0 Å². The first-order chi connectivity index (χ1) is 13.1. The molecule has 2 aliphatic heterocycles. The average molecular weight is 374 g/mol. The van der Waals surface area contributed by atoms with Crippen molar-refractivity contribution in [2.45, 2.75) is 38.6 Å². The molecule has 6 nitrogen and oxygen atoms in total. The normalized spacial score (nSPS) is 23.3. The lowest BCUT2D eigenvalue weighted by Gasteiger charge is -2.33. The molecule has 0 aromatic heterocycles. The van der Waals surface area contributed by atoms with Crippen LogP contribution in [-0.2, 0) is 14.3 Å². The number of methoxy groups -OCH3 is 1. The maximum atomic E-state index is 12.9. The number of benzene rings is 1. The third-order valence-corrected chi connectivity index (χ3v) is 5.57. The fourth-order valence-corrected chi connectivity index (χ4v) is 4.17. The van der Waals surface area contributed by atoms with E-state index in [0.717, 1.165) is 44.5 Å². The van der Waals surface area contributed by atoms with Crippen LogP contribution in [0.5, 0.6) is 5.75 Å². The summed E-state index contributed by atoms with van der Waals surface area (Å²) in [5.41, 5.74) is 1.20. The maximum Gasteiger partial charge on any atom is 0.310 e. The summed E-state index contributed by atoms with van der Waals surface area (Å²) in [7, 11) is 1.67. The summed E-state index contributed by atoms with van der Waals surface area (Å²) in [6, 6.07) is 8.35. The van der Waals surface area contributed by atoms with Gasteiger partial charge in [0, 0.05) is 19.1 Å². The van der Waals surface area contributed by atoms with Crippen LogP contribution in [0.4, 0.5) is 0 Å². The highest BCUT2D eigenvalue weighted by atomic mass is 16.5. The van der Waals surface area contributed by atoms with Gasteiger partial charge < -0.3 is 14.4 Å². The molecule has 1 amide bonds. The van der Waals surface area contributed by atoms with Crippen LogP contribution in [0.15, 0.2) is 24.3 Å². The van der Waals surface area contributed by atoms with E-state index in [-0.39, 0.29) is 23.8 Å². The van der Waals surface area contributed by atoms with Crippen molar-refractivity contribution in [1.82, 2.24) is 9.80 Å². The molecule has 2 heterocycles. The summed E-state index contributed by atoms with van der Waals surface area (Å²) in [6.07, 6.45) is 3.79. The van der Waals surface area contributed by atoms with Crippen molar-refractivity contribution in [3.05, 3.63) is 29.8 Å². The predicted octanol–water partition coefficient (Wildman–Crippen LogP) is 2.63. The molecule has 2 saturated heterocycles. The summed E-state index contributed by atoms with van der Waals surface area (Å²) < 4.78 is 10.5. The molecule has 0 aliphatic carbocycles. The Morgan fingerprint density at radius 2 is 2.00 bits per heavy atom. The maximum absolute atomic E-state index is 12.9. The smallest absolute Gasteiger partial charge is 0.310 e. The van der Waals surface area contributed by atoms with E-state index < -0.39 is 0 Å². The van der Waals surface area contributed by atoms with E-state index in [1.54, 1.807) is 7.11 Å². The fraction of sp³-hybridized carbons (Fsp3) is 0.619. The lowest BCUT2D eigenvalue weighted by Crippen LogP contribution is -2.46. The van der Waals surface area contributed by atoms with Gasteiger partial charge in [-0.1, -0.05) is 12.1 Å². The summed E-state index contributed by atoms with van der Waals surface area (Å²) in [5, 5.41) is 0. The van der Waals surface area contributed by atoms with Gasteiger partial charge >= 0.3 is 5.97 Å². The first kappa shape index (κ1) is 19.7. The van der Waals surface area contributed by atoms with Crippen molar-refractivity contribution in [1.29, 1.82) is 0 Å². The molecule has 2 fully saturated rings. The van der Waals surface area contributed by atoms with Crippen LogP contribution in [0.2, 0.25) is 0 Å². The van der Waals surface area contributed by atoms with Crippen molar-refractivity contribution < 1.29 is 19.1 Å². The first-order valence-corrected chi connectivity index (χ1v) is 9.94. The summed E-state index contributed by atoms with van der Waals surface area (Å²) in [6.45, 7) is 4.73. The molecule has 0 saturated carbocycles. The van der Waals surface area contributed by atoms with Crippen LogP contribution in [0.25, 0.3) is 0 Å². The standard InChI is InChI=1S/C21H30N2O4/c1-3-27-21(25)17-8-5-12-23(14-17)20(24)15-22-11-6-10-19(22)16-7-4-9-18(13-16)26-2/h4,7,9,13,17,19H,3,5-6,8,10-12,14-15H2,1-2H3. The van der Waals surface area contributed by atoms with Gasteiger partial charge in [-0.2, -0.15) is 0 Å². The number of nitrogens with zero attached hydrogens (tertiary/aromatic N) is 2.